The van der Waals surface area contributed by atoms with E-state index in [0.29, 0.717) is 49.1 Å². The van der Waals surface area contributed by atoms with E-state index in [1.807, 2.05) is 6.92 Å². The van der Waals surface area contributed by atoms with Crippen molar-refractivity contribution < 1.29 is 28.7 Å². The molecule has 0 saturated carbocycles. The molecular formula is C25H27N3O6. The standard InChI is InChI=1S/C25H27N3O6/c1-3-5-10-28-24(31)18-8-6-16(13-19(18)25(28)32)23(30)27(4-2)15-22(29)26-17-7-9-20-21(14-17)34-12-11-33-20/h6-9,13-14H,3-5,10-12,15H2,1-2H3,(H,26,29). The number of rotatable bonds is 8. The van der Waals surface area contributed by atoms with Crippen molar-refractivity contribution in [3.05, 3.63) is 53.1 Å². The number of imide groups is 1. The predicted octanol–water partition coefficient (Wildman–Crippen LogP) is 2.95. The summed E-state index contributed by atoms with van der Waals surface area (Å²) in [6.07, 6.45) is 1.58. The Bertz CT molecular complexity index is 1150. The normalized spacial score (nSPS) is 14.1. The molecule has 2 aromatic carbocycles. The molecule has 9 nitrogen and oxygen atoms in total. The van der Waals surface area contributed by atoms with E-state index in [1.165, 1.54) is 28.0 Å². The first-order chi connectivity index (χ1) is 16.4. The van der Waals surface area contributed by atoms with Crippen LogP contribution in [0.5, 0.6) is 11.5 Å². The lowest BCUT2D eigenvalue weighted by Crippen LogP contribution is -2.38. The van der Waals surface area contributed by atoms with Crippen molar-refractivity contribution in [3.63, 3.8) is 0 Å². The number of anilines is 1. The maximum Gasteiger partial charge on any atom is 0.261 e. The van der Waals surface area contributed by atoms with Crippen molar-refractivity contribution in [2.75, 3.05) is 38.2 Å². The number of carbonyl (C=O) groups excluding carboxylic acids is 4. The molecule has 2 aliphatic heterocycles. The number of nitrogens with one attached hydrogen (secondary N) is 1. The second-order valence-corrected chi connectivity index (χ2v) is 8.10. The molecule has 0 saturated heterocycles. The number of unbranched alkanes of at least 4 members (excludes halogenated alkanes) is 1. The van der Waals surface area contributed by atoms with E-state index < -0.39 is 5.91 Å². The van der Waals surface area contributed by atoms with Gasteiger partial charge < -0.3 is 19.7 Å². The molecule has 0 spiro atoms. The van der Waals surface area contributed by atoms with Crippen LogP contribution in [0.15, 0.2) is 36.4 Å². The Kier molecular flexibility index (Phi) is 6.81. The maximum absolute atomic E-state index is 13.1. The molecule has 0 fully saturated rings. The van der Waals surface area contributed by atoms with Crippen molar-refractivity contribution in [1.29, 1.82) is 0 Å². The molecule has 2 aromatic rings. The van der Waals surface area contributed by atoms with E-state index >= 15 is 0 Å². The van der Waals surface area contributed by atoms with Crippen LogP contribution in [0.2, 0.25) is 0 Å². The number of hydrogen-bond donors (Lipinski definition) is 1. The fourth-order valence-corrected chi connectivity index (χ4v) is 3.95. The Balaban J connectivity index is 1.44. The summed E-state index contributed by atoms with van der Waals surface area (Å²) in [5, 5.41) is 2.77. The van der Waals surface area contributed by atoms with E-state index in [-0.39, 0.29) is 35.4 Å². The number of hydrogen-bond acceptors (Lipinski definition) is 6. The lowest BCUT2D eigenvalue weighted by Gasteiger charge is -2.21. The van der Waals surface area contributed by atoms with Gasteiger partial charge in [-0.3, -0.25) is 24.1 Å². The first-order valence-corrected chi connectivity index (χ1v) is 11.4. The second kappa shape index (κ2) is 9.94. The summed E-state index contributed by atoms with van der Waals surface area (Å²) in [5.74, 6) is -0.314. The fourth-order valence-electron chi connectivity index (χ4n) is 3.95. The van der Waals surface area contributed by atoms with Crippen LogP contribution < -0.4 is 14.8 Å². The van der Waals surface area contributed by atoms with Crippen molar-refractivity contribution in [2.24, 2.45) is 0 Å². The lowest BCUT2D eigenvalue weighted by molar-refractivity contribution is -0.116. The fraction of sp³-hybridized carbons (Fsp3) is 0.360. The molecule has 0 unspecified atom stereocenters. The molecule has 2 heterocycles. The first-order valence-electron chi connectivity index (χ1n) is 11.4. The van der Waals surface area contributed by atoms with Gasteiger partial charge in [-0.05, 0) is 43.7 Å². The third kappa shape index (κ3) is 4.59. The van der Waals surface area contributed by atoms with Crippen LogP contribution in [-0.2, 0) is 4.79 Å². The molecule has 4 amide bonds. The van der Waals surface area contributed by atoms with E-state index in [1.54, 1.807) is 25.1 Å². The third-order valence-corrected chi connectivity index (χ3v) is 5.78. The van der Waals surface area contributed by atoms with Crippen LogP contribution in [0.25, 0.3) is 0 Å². The highest BCUT2D eigenvalue weighted by Crippen LogP contribution is 2.32. The molecule has 2 aliphatic rings. The van der Waals surface area contributed by atoms with Gasteiger partial charge in [0.05, 0.1) is 11.1 Å². The van der Waals surface area contributed by atoms with Gasteiger partial charge in [0.2, 0.25) is 5.91 Å². The van der Waals surface area contributed by atoms with Crippen LogP contribution in [0.1, 0.15) is 57.8 Å². The van der Waals surface area contributed by atoms with Crippen LogP contribution in [0.4, 0.5) is 5.69 Å². The monoisotopic (exact) mass is 465 g/mol. The molecule has 1 N–H and O–H groups in total. The number of fused-ring (bicyclic) bond motifs is 2. The van der Waals surface area contributed by atoms with Crippen LogP contribution >= 0.6 is 0 Å². The molecule has 4 rings (SSSR count). The van der Waals surface area contributed by atoms with Crippen LogP contribution in [0, 0.1) is 0 Å². The number of likely N-dealkylation sites (N-methyl/N-ethyl adjacent to an activating group) is 1. The van der Waals surface area contributed by atoms with Gasteiger partial charge in [0.15, 0.2) is 11.5 Å². The number of amides is 4. The molecule has 0 aliphatic carbocycles. The largest absolute Gasteiger partial charge is 0.486 e. The summed E-state index contributed by atoms with van der Waals surface area (Å²) < 4.78 is 11.0. The van der Waals surface area contributed by atoms with Gasteiger partial charge in [-0.25, -0.2) is 0 Å². The zero-order valence-electron chi connectivity index (χ0n) is 19.3. The van der Waals surface area contributed by atoms with Gasteiger partial charge in [0.1, 0.15) is 19.8 Å². The van der Waals surface area contributed by atoms with E-state index in [2.05, 4.69) is 5.32 Å². The SMILES string of the molecule is CCCCN1C(=O)c2ccc(C(=O)N(CC)CC(=O)Nc3ccc4c(c3)OCCO4)cc2C1=O. The molecule has 178 valence electrons. The lowest BCUT2D eigenvalue weighted by atomic mass is 10.0. The van der Waals surface area contributed by atoms with E-state index in [4.69, 9.17) is 9.47 Å². The molecule has 0 atom stereocenters. The minimum Gasteiger partial charge on any atom is -0.486 e. The summed E-state index contributed by atoms with van der Waals surface area (Å²) in [6.45, 7) is 5.14. The Hall–Kier alpha value is -3.88. The van der Waals surface area contributed by atoms with Gasteiger partial charge in [0, 0.05) is 30.4 Å². The smallest absolute Gasteiger partial charge is 0.261 e. The summed E-state index contributed by atoms with van der Waals surface area (Å²) in [6, 6.07) is 9.59. The van der Waals surface area contributed by atoms with Crippen molar-refractivity contribution in [3.8, 4) is 11.5 Å². The molecular weight excluding hydrogens is 438 g/mol. The first kappa shape index (κ1) is 23.3. The average molecular weight is 466 g/mol. The highest BCUT2D eigenvalue weighted by atomic mass is 16.6. The van der Waals surface area contributed by atoms with Crippen molar-refractivity contribution in [1.82, 2.24) is 9.80 Å². The highest BCUT2D eigenvalue weighted by Gasteiger charge is 2.35. The predicted molar refractivity (Wildman–Crippen MR) is 124 cm³/mol. The van der Waals surface area contributed by atoms with Gasteiger partial charge in [-0.1, -0.05) is 13.3 Å². The van der Waals surface area contributed by atoms with Crippen molar-refractivity contribution >= 4 is 29.3 Å². The molecule has 0 aromatic heterocycles. The zero-order valence-corrected chi connectivity index (χ0v) is 19.3. The Morgan fingerprint density at radius 3 is 2.44 bits per heavy atom. The van der Waals surface area contributed by atoms with E-state index in [9.17, 15) is 19.2 Å². The summed E-state index contributed by atoms with van der Waals surface area (Å²) >= 11 is 0. The molecule has 0 radical (unpaired) electrons. The number of carbonyl (C=O) groups is 4. The number of nitrogens with zero attached hydrogens (tertiary/aromatic N) is 2. The minimum atomic E-state index is -0.394. The summed E-state index contributed by atoms with van der Waals surface area (Å²) in [7, 11) is 0. The van der Waals surface area contributed by atoms with Gasteiger partial charge >= 0.3 is 0 Å². The zero-order chi connectivity index (χ0) is 24.2. The Morgan fingerprint density at radius 2 is 1.71 bits per heavy atom. The summed E-state index contributed by atoms with van der Waals surface area (Å²) in [4.78, 5) is 53.6. The van der Waals surface area contributed by atoms with Crippen molar-refractivity contribution in [2.45, 2.75) is 26.7 Å². The maximum atomic E-state index is 13.1. The van der Waals surface area contributed by atoms with E-state index in [0.717, 1.165) is 12.8 Å². The quantitative estimate of drug-likeness (QED) is 0.601. The highest BCUT2D eigenvalue weighted by molar-refractivity contribution is 6.22. The molecule has 0 bridgehead atoms. The van der Waals surface area contributed by atoms with Gasteiger partial charge in [-0.2, -0.15) is 0 Å². The topological polar surface area (TPSA) is 105 Å². The number of ether oxygens (including phenoxy) is 2. The van der Waals surface area contributed by atoms with Crippen LogP contribution in [-0.4, -0.2) is 66.3 Å². The third-order valence-electron chi connectivity index (χ3n) is 5.78. The van der Waals surface area contributed by atoms with Crippen LogP contribution in [0.3, 0.4) is 0 Å². The second-order valence-electron chi connectivity index (χ2n) is 8.10. The molecule has 9 heteroatoms. The van der Waals surface area contributed by atoms with Gasteiger partial charge in [-0.15, -0.1) is 0 Å². The Labute approximate surface area is 197 Å². The number of benzene rings is 2. The Morgan fingerprint density at radius 1 is 0.971 bits per heavy atom. The molecule has 34 heavy (non-hydrogen) atoms. The average Bonchev–Trinajstić information content (AvgIpc) is 3.09. The summed E-state index contributed by atoms with van der Waals surface area (Å²) in [5.41, 5.74) is 1.32. The van der Waals surface area contributed by atoms with Gasteiger partial charge in [0.25, 0.3) is 17.7 Å². The minimum absolute atomic E-state index is 0.170.